The minimum atomic E-state index is -0.752. The number of aliphatic hydroxyl groups excluding tert-OH is 1. The van der Waals surface area contributed by atoms with E-state index in [1.807, 2.05) is 6.07 Å². The number of hydrogen-bond donors (Lipinski definition) is 2. The first-order valence-electron chi connectivity index (χ1n) is 15.3. The average molecular weight is 525 g/mol. The molecule has 0 saturated heterocycles. The molecule has 1 aromatic rings. The Kier molecular flexibility index (Phi) is 8.24. The number of unbranched alkanes of at least 4 members (excludes halogenated alkanes) is 1. The molecule has 38 heavy (non-hydrogen) atoms. The van der Waals surface area contributed by atoms with Gasteiger partial charge in [-0.2, -0.15) is 0 Å². The Morgan fingerprint density at radius 2 is 1.87 bits per heavy atom. The van der Waals surface area contributed by atoms with Gasteiger partial charge in [0.2, 0.25) is 0 Å². The number of aliphatic carboxylic acids is 1. The third kappa shape index (κ3) is 5.42. The Hall–Kier alpha value is -1.88. The molecule has 5 rings (SSSR count). The summed E-state index contributed by atoms with van der Waals surface area (Å²) < 4.78 is 5.90. The number of rotatable bonds is 10. The highest BCUT2D eigenvalue weighted by Gasteiger charge is 2.62. The maximum absolute atomic E-state index is 12.5. The van der Waals surface area contributed by atoms with E-state index >= 15 is 0 Å². The Bertz CT molecular complexity index is 1000. The topological polar surface area (TPSA) is 83.8 Å². The van der Waals surface area contributed by atoms with Crippen LogP contribution in [0.1, 0.15) is 103 Å². The van der Waals surface area contributed by atoms with Crippen molar-refractivity contribution in [1.82, 2.24) is 0 Å². The molecular weight excluding hydrogens is 476 g/mol. The molecule has 4 aliphatic rings. The van der Waals surface area contributed by atoms with Crippen LogP contribution in [0.4, 0.5) is 0 Å². The zero-order valence-electron chi connectivity index (χ0n) is 23.5. The molecule has 2 N–H and O–H groups in total. The minimum absolute atomic E-state index is 0.0727. The summed E-state index contributed by atoms with van der Waals surface area (Å²) in [6.45, 7) is 5.43. The SMILES string of the molecule is C[C@]12CCC(=O)C[C@@H]1C[C@@H](CCCc1cccc(OCCCCC(=O)O)c1)[C@@H]1[C@@H]2CC[C@]2(C)[C@@H](O)CC[C@@H]12. The van der Waals surface area contributed by atoms with E-state index < -0.39 is 5.97 Å². The molecule has 1 aromatic carbocycles. The molecule has 210 valence electrons. The fraction of sp³-hybridized carbons (Fsp3) is 0.758. The first kappa shape index (κ1) is 27.7. The van der Waals surface area contributed by atoms with Crippen molar-refractivity contribution >= 4 is 11.8 Å². The molecule has 4 fully saturated rings. The van der Waals surface area contributed by atoms with Gasteiger partial charge in [-0.1, -0.05) is 26.0 Å². The number of carbonyl (C=O) groups is 2. The molecule has 0 aromatic heterocycles. The third-order valence-electron chi connectivity index (χ3n) is 11.6. The van der Waals surface area contributed by atoms with Gasteiger partial charge in [-0.05, 0) is 129 Å². The van der Waals surface area contributed by atoms with Crippen LogP contribution in [0.15, 0.2) is 24.3 Å². The number of carboxylic acid groups (broad SMARTS) is 1. The van der Waals surface area contributed by atoms with Crippen molar-refractivity contribution < 1.29 is 24.5 Å². The number of aryl methyl sites for hydroxylation is 1. The predicted octanol–water partition coefficient (Wildman–Crippen LogP) is 6.84. The lowest BCUT2D eigenvalue weighted by Gasteiger charge is -2.62. The number of aliphatic hydroxyl groups is 1. The van der Waals surface area contributed by atoms with Gasteiger partial charge in [-0.25, -0.2) is 0 Å². The lowest BCUT2D eigenvalue weighted by Crippen LogP contribution is -2.57. The van der Waals surface area contributed by atoms with Crippen molar-refractivity contribution in [2.45, 2.75) is 110 Å². The zero-order chi connectivity index (χ0) is 26.9. The first-order chi connectivity index (χ1) is 18.2. The summed E-state index contributed by atoms with van der Waals surface area (Å²) in [7, 11) is 0. The zero-order valence-corrected chi connectivity index (χ0v) is 23.5. The van der Waals surface area contributed by atoms with Crippen LogP contribution in [-0.2, 0) is 16.0 Å². The van der Waals surface area contributed by atoms with Gasteiger partial charge in [0.1, 0.15) is 11.5 Å². The first-order valence-corrected chi connectivity index (χ1v) is 15.3. The highest BCUT2D eigenvalue weighted by atomic mass is 16.5. The lowest BCUT2D eigenvalue weighted by molar-refractivity contribution is -0.156. The Morgan fingerprint density at radius 3 is 2.68 bits per heavy atom. The molecule has 0 bridgehead atoms. The number of ether oxygens (including phenoxy) is 1. The van der Waals surface area contributed by atoms with E-state index in [0.717, 1.165) is 57.1 Å². The van der Waals surface area contributed by atoms with Crippen molar-refractivity contribution in [2.75, 3.05) is 6.61 Å². The summed E-state index contributed by atoms with van der Waals surface area (Å²) in [6.07, 6.45) is 13.1. The number of carbonyl (C=O) groups excluding carboxylic acids is 1. The number of Topliss-reactive ketones (excluding diaryl/α,β-unsaturated/α-hetero) is 1. The Morgan fingerprint density at radius 1 is 1.05 bits per heavy atom. The fourth-order valence-corrected chi connectivity index (χ4v) is 9.42. The molecular formula is C33H48O5. The highest BCUT2D eigenvalue weighted by Crippen LogP contribution is 2.67. The summed E-state index contributed by atoms with van der Waals surface area (Å²) >= 11 is 0. The van der Waals surface area contributed by atoms with Gasteiger partial charge < -0.3 is 14.9 Å². The van der Waals surface area contributed by atoms with Crippen molar-refractivity contribution in [2.24, 2.45) is 40.4 Å². The fourth-order valence-electron chi connectivity index (χ4n) is 9.42. The molecule has 4 aliphatic carbocycles. The average Bonchev–Trinajstić information content (AvgIpc) is 3.19. The largest absolute Gasteiger partial charge is 0.494 e. The van der Waals surface area contributed by atoms with Crippen molar-refractivity contribution in [1.29, 1.82) is 0 Å². The number of benzene rings is 1. The maximum atomic E-state index is 12.5. The van der Waals surface area contributed by atoms with E-state index in [1.54, 1.807) is 0 Å². The van der Waals surface area contributed by atoms with Crippen LogP contribution in [0.2, 0.25) is 0 Å². The number of hydrogen-bond acceptors (Lipinski definition) is 4. The second kappa shape index (κ2) is 11.3. The molecule has 5 heteroatoms. The van der Waals surface area contributed by atoms with Crippen LogP contribution in [0.5, 0.6) is 5.75 Å². The van der Waals surface area contributed by atoms with Gasteiger partial charge in [-0.3, -0.25) is 9.59 Å². The van der Waals surface area contributed by atoms with Crippen molar-refractivity contribution in [3.63, 3.8) is 0 Å². The van der Waals surface area contributed by atoms with Gasteiger partial charge >= 0.3 is 5.97 Å². The molecule has 0 aliphatic heterocycles. The van der Waals surface area contributed by atoms with Gasteiger partial charge in [0, 0.05) is 19.3 Å². The summed E-state index contributed by atoms with van der Waals surface area (Å²) in [4.78, 5) is 23.2. The van der Waals surface area contributed by atoms with Crippen molar-refractivity contribution in [3.05, 3.63) is 29.8 Å². The second-order valence-corrected chi connectivity index (χ2v) is 13.6. The van der Waals surface area contributed by atoms with Crippen LogP contribution in [0, 0.1) is 40.4 Å². The predicted molar refractivity (Wildman–Crippen MR) is 148 cm³/mol. The normalized spacial score (nSPS) is 38.2. The smallest absolute Gasteiger partial charge is 0.303 e. The van der Waals surface area contributed by atoms with Gasteiger partial charge in [-0.15, -0.1) is 0 Å². The minimum Gasteiger partial charge on any atom is -0.494 e. The van der Waals surface area contributed by atoms with Crippen LogP contribution in [-0.4, -0.2) is 34.7 Å². The van der Waals surface area contributed by atoms with Crippen molar-refractivity contribution in [3.8, 4) is 5.75 Å². The van der Waals surface area contributed by atoms with Crippen LogP contribution in [0.3, 0.4) is 0 Å². The van der Waals surface area contributed by atoms with Gasteiger partial charge in [0.25, 0.3) is 0 Å². The number of carboxylic acids is 1. The lowest BCUT2D eigenvalue weighted by atomic mass is 9.42. The third-order valence-corrected chi connectivity index (χ3v) is 11.6. The van der Waals surface area contributed by atoms with E-state index in [9.17, 15) is 14.7 Å². The van der Waals surface area contributed by atoms with E-state index in [2.05, 4.69) is 32.0 Å². The van der Waals surface area contributed by atoms with E-state index in [4.69, 9.17) is 9.84 Å². The van der Waals surface area contributed by atoms with E-state index in [-0.39, 0.29) is 17.9 Å². The molecule has 0 radical (unpaired) electrons. The van der Waals surface area contributed by atoms with Gasteiger partial charge in [0.05, 0.1) is 12.7 Å². The van der Waals surface area contributed by atoms with Crippen LogP contribution >= 0.6 is 0 Å². The Labute approximate surface area is 228 Å². The molecule has 8 atom stereocenters. The van der Waals surface area contributed by atoms with Crippen LogP contribution < -0.4 is 4.74 Å². The second-order valence-electron chi connectivity index (χ2n) is 13.6. The molecule has 0 spiro atoms. The molecule has 0 amide bonds. The Balaban J connectivity index is 1.24. The molecule has 4 saturated carbocycles. The molecule has 0 heterocycles. The summed E-state index contributed by atoms with van der Waals surface area (Å²) in [5.41, 5.74) is 1.66. The van der Waals surface area contributed by atoms with E-state index in [0.29, 0.717) is 53.8 Å². The number of fused-ring (bicyclic) bond motifs is 5. The summed E-state index contributed by atoms with van der Waals surface area (Å²) in [6, 6.07) is 8.37. The standard InChI is InChI=1S/C33H48O5/c1-32-16-14-25(34)21-24(32)20-23(31-27-12-13-29(35)33(27,2)17-15-28(31)32)9-5-7-22-8-6-10-26(19-22)38-18-4-3-11-30(36)37/h6,8,10,19,23-24,27-29,31,35H,3-5,7,9,11-18,20-21H2,1-2H3,(H,36,37)/t23-,24+,27+,28+,29+,31+,32+,33+/m1/s1. The van der Waals surface area contributed by atoms with Crippen LogP contribution in [0.25, 0.3) is 0 Å². The summed E-state index contributed by atoms with van der Waals surface area (Å²) in [5.74, 6) is 3.77. The number of ketones is 1. The van der Waals surface area contributed by atoms with E-state index in [1.165, 1.54) is 31.2 Å². The molecule has 0 unspecified atom stereocenters. The summed E-state index contributed by atoms with van der Waals surface area (Å²) in [5, 5.41) is 19.8. The quantitative estimate of drug-likeness (QED) is 0.327. The van der Waals surface area contributed by atoms with Gasteiger partial charge in [0.15, 0.2) is 0 Å². The maximum Gasteiger partial charge on any atom is 0.303 e. The monoisotopic (exact) mass is 524 g/mol. The molecule has 5 nitrogen and oxygen atoms in total. The highest BCUT2D eigenvalue weighted by molar-refractivity contribution is 5.79.